The lowest BCUT2D eigenvalue weighted by molar-refractivity contribution is 0.438. The number of fused-ring (bicyclic) bond motifs is 15. The standard InChI is InChI=1S/C51H39N3O.C7H8.CH3N/c1-2-3-16-34(39(31-52)33-17-5-4-6-18-33)32-53-44-25-11-7-19-35(44)38-29-30-43-50(49(38)53)55-47-28-14-10-23-41(47)51(43)40-22-9-13-27-46(40)54-45-26-12-8-20-36(45)37-21-15-24-42(51)48(37)54;1-7-5-3-2-4-6-7;1-2/h2-3,5,7-30,32,39H,1,4,6,31,52H2;2-6H,1H3;2H,1H2/b16-3-,34-32+;;. The van der Waals surface area contributed by atoms with Crippen molar-refractivity contribution in [2.45, 2.75) is 25.2 Å². The van der Waals surface area contributed by atoms with Crippen molar-refractivity contribution in [1.29, 1.82) is 5.41 Å². The maximum Gasteiger partial charge on any atom is 0.156 e. The van der Waals surface area contributed by atoms with Crippen LogP contribution in [0.2, 0.25) is 0 Å². The average molecular weight is 831 g/mol. The first-order chi connectivity index (χ1) is 31.6. The molecule has 0 fully saturated rings. The fraction of sp³-hybridized carbons (Fsp3) is 0.102. The van der Waals surface area contributed by atoms with E-state index in [2.05, 4.69) is 199 Å². The Balaban J connectivity index is 0.000000489. The first-order valence-electron chi connectivity index (χ1n) is 22.0. The van der Waals surface area contributed by atoms with Crippen LogP contribution in [0.15, 0.2) is 212 Å². The highest BCUT2D eigenvalue weighted by atomic mass is 16.5. The number of hydrogen-bond donors (Lipinski definition) is 2. The molecule has 0 saturated carbocycles. The largest absolute Gasteiger partial charge is 0.454 e. The van der Waals surface area contributed by atoms with E-state index in [9.17, 15) is 0 Å². The molecule has 0 radical (unpaired) electrons. The third kappa shape index (κ3) is 6.23. The molecule has 4 heterocycles. The maximum absolute atomic E-state index is 7.27. The molecule has 3 N–H and O–H groups in total. The van der Waals surface area contributed by atoms with E-state index in [1.807, 2.05) is 30.4 Å². The molecular formula is C59H50N4O. The van der Waals surface area contributed by atoms with Gasteiger partial charge in [-0.25, -0.2) is 0 Å². The Labute approximate surface area is 374 Å². The number of benzene rings is 7. The summed E-state index contributed by atoms with van der Waals surface area (Å²) in [5.41, 5.74) is 20.2. The van der Waals surface area contributed by atoms with Gasteiger partial charge in [0.1, 0.15) is 5.75 Å². The molecule has 1 aliphatic carbocycles. The number of nitrogens with zero attached hydrogens (tertiary/aromatic N) is 2. The van der Waals surface area contributed by atoms with Gasteiger partial charge in [0.25, 0.3) is 0 Å². The van der Waals surface area contributed by atoms with Crippen molar-refractivity contribution < 1.29 is 4.74 Å². The molecule has 0 bridgehead atoms. The number of para-hydroxylation sites is 5. The summed E-state index contributed by atoms with van der Waals surface area (Å²) in [7, 11) is 0. The zero-order chi connectivity index (χ0) is 43.8. The van der Waals surface area contributed by atoms with Gasteiger partial charge in [-0.1, -0.05) is 182 Å². The number of rotatable bonds is 6. The molecule has 0 saturated heterocycles. The van der Waals surface area contributed by atoms with Gasteiger partial charge in [-0.05, 0) is 73.0 Å². The van der Waals surface area contributed by atoms with Crippen molar-refractivity contribution in [3.8, 4) is 17.2 Å². The molecule has 3 aliphatic rings. The van der Waals surface area contributed by atoms with E-state index in [-0.39, 0.29) is 5.92 Å². The Bertz CT molecular complexity index is 3380. The maximum atomic E-state index is 7.27. The molecule has 64 heavy (non-hydrogen) atoms. The van der Waals surface area contributed by atoms with E-state index in [4.69, 9.17) is 15.9 Å². The zero-order valence-electron chi connectivity index (χ0n) is 36.0. The normalized spacial score (nSPS) is 16.3. The van der Waals surface area contributed by atoms with Gasteiger partial charge in [-0.2, -0.15) is 0 Å². The van der Waals surface area contributed by atoms with E-state index in [1.54, 1.807) is 0 Å². The highest BCUT2D eigenvalue weighted by molar-refractivity contribution is 6.14. The van der Waals surface area contributed by atoms with Crippen LogP contribution in [-0.4, -0.2) is 22.4 Å². The molecule has 12 rings (SSSR count). The van der Waals surface area contributed by atoms with Gasteiger partial charge in [0.15, 0.2) is 5.75 Å². The molecule has 7 aromatic carbocycles. The predicted molar refractivity (Wildman–Crippen MR) is 269 cm³/mol. The highest BCUT2D eigenvalue weighted by Crippen LogP contribution is 2.61. The van der Waals surface area contributed by atoms with E-state index < -0.39 is 5.41 Å². The van der Waals surface area contributed by atoms with Crippen LogP contribution < -0.4 is 10.5 Å². The second-order valence-corrected chi connectivity index (χ2v) is 16.5. The average Bonchev–Trinajstić information content (AvgIpc) is 3.87. The molecule has 9 aromatic rings. The number of aromatic nitrogens is 2. The third-order valence-electron chi connectivity index (χ3n) is 13.1. The van der Waals surface area contributed by atoms with E-state index >= 15 is 0 Å². The van der Waals surface area contributed by atoms with Crippen molar-refractivity contribution >= 4 is 56.5 Å². The summed E-state index contributed by atoms with van der Waals surface area (Å²) in [5, 5.41) is 10.3. The molecule has 2 unspecified atom stereocenters. The van der Waals surface area contributed by atoms with Gasteiger partial charge >= 0.3 is 0 Å². The summed E-state index contributed by atoms with van der Waals surface area (Å²) >= 11 is 0. The Kier molecular flexibility index (Phi) is 10.6. The van der Waals surface area contributed by atoms with Crippen molar-refractivity contribution in [3.63, 3.8) is 0 Å². The topological polar surface area (TPSA) is 69.0 Å². The smallest absolute Gasteiger partial charge is 0.156 e. The summed E-state index contributed by atoms with van der Waals surface area (Å²) in [6.45, 7) is 9.09. The fourth-order valence-electron chi connectivity index (χ4n) is 10.5. The number of hydrogen-bond acceptors (Lipinski definition) is 3. The van der Waals surface area contributed by atoms with Gasteiger partial charge in [-0.15, -0.1) is 0 Å². The van der Waals surface area contributed by atoms with Crippen molar-refractivity contribution in [1.82, 2.24) is 9.13 Å². The lowest BCUT2D eigenvalue weighted by Gasteiger charge is -2.45. The second kappa shape index (κ2) is 16.9. The molecule has 2 aliphatic heterocycles. The number of nitrogens with one attached hydrogen (secondary N) is 1. The monoisotopic (exact) mass is 830 g/mol. The molecular weight excluding hydrogens is 781 g/mol. The van der Waals surface area contributed by atoms with E-state index in [0.717, 1.165) is 57.5 Å². The first kappa shape index (κ1) is 40.3. The Morgan fingerprint density at radius 2 is 1.34 bits per heavy atom. The van der Waals surface area contributed by atoms with Crippen LogP contribution in [0.1, 0.15) is 40.7 Å². The van der Waals surface area contributed by atoms with Crippen LogP contribution in [0.5, 0.6) is 11.5 Å². The summed E-state index contributed by atoms with van der Waals surface area (Å²) in [6.07, 6.45) is 17.2. The quantitative estimate of drug-likeness (QED) is 0.129. The summed E-state index contributed by atoms with van der Waals surface area (Å²) in [6, 6.07) is 56.9. The van der Waals surface area contributed by atoms with Crippen LogP contribution in [0, 0.1) is 18.3 Å². The second-order valence-electron chi connectivity index (χ2n) is 16.5. The van der Waals surface area contributed by atoms with Crippen LogP contribution in [0.25, 0.3) is 55.5 Å². The predicted octanol–water partition coefficient (Wildman–Crippen LogP) is 14.4. The highest BCUT2D eigenvalue weighted by Gasteiger charge is 2.51. The third-order valence-corrected chi connectivity index (χ3v) is 13.1. The zero-order valence-corrected chi connectivity index (χ0v) is 36.0. The van der Waals surface area contributed by atoms with Crippen LogP contribution in [-0.2, 0) is 5.41 Å². The Morgan fingerprint density at radius 1 is 0.688 bits per heavy atom. The van der Waals surface area contributed by atoms with Gasteiger partial charge in [0.2, 0.25) is 0 Å². The number of ether oxygens (including phenoxy) is 1. The van der Waals surface area contributed by atoms with Gasteiger partial charge < -0.3 is 25.0 Å². The number of allylic oxidation sites excluding steroid dienone is 6. The van der Waals surface area contributed by atoms with Gasteiger partial charge in [-0.3, -0.25) is 0 Å². The number of aryl methyl sites for hydroxylation is 1. The molecule has 312 valence electrons. The molecule has 5 nitrogen and oxygen atoms in total. The number of nitrogens with two attached hydrogens (primary N) is 1. The van der Waals surface area contributed by atoms with E-state index in [0.29, 0.717) is 6.54 Å². The Hall–Kier alpha value is -7.73. The molecule has 5 heteroatoms. The van der Waals surface area contributed by atoms with Gasteiger partial charge in [0.05, 0.1) is 33.2 Å². The SMILES string of the molecule is C=C/C=C\C(=C/n1c2ccccc2c2ccc3c(c21)Oc1ccccc1C31c2ccccc2-n2c3ccccc3c3cccc1c32)C(CN)C1=CCCC=C1.C=N.Cc1ccccc1. The van der Waals surface area contributed by atoms with E-state index in [1.165, 1.54) is 55.1 Å². The molecule has 1 spiro atoms. The minimum atomic E-state index is -0.660. The molecule has 2 atom stereocenters. The first-order valence-corrected chi connectivity index (χ1v) is 22.0. The van der Waals surface area contributed by atoms with Crippen LogP contribution in [0.3, 0.4) is 0 Å². The van der Waals surface area contributed by atoms with Crippen molar-refractivity contribution in [2.24, 2.45) is 11.7 Å². The minimum Gasteiger partial charge on any atom is -0.454 e. The fourth-order valence-corrected chi connectivity index (χ4v) is 10.5. The summed E-state index contributed by atoms with van der Waals surface area (Å²) in [4.78, 5) is 0. The van der Waals surface area contributed by atoms with Crippen molar-refractivity contribution in [3.05, 3.63) is 240 Å². The lowest BCUT2D eigenvalue weighted by atomic mass is 9.61. The van der Waals surface area contributed by atoms with Crippen LogP contribution in [0.4, 0.5) is 0 Å². The van der Waals surface area contributed by atoms with Crippen LogP contribution >= 0.6 is 0 Å². The minimum absolute atomic E-state index is 0.0150. The molecule has 2 aromatic heterocycles. The Morgan fingerprint density at radius 3 is 2.08 bits per heavy atom. The lowest BCUT2D eigenvalue weighted by Crippen LogP contribution is -2.37. The molecule has 0 amide bonds. The summed E-state index contributed by atoms with van der Waals surface area (Å²) in [5.74, 6) is 1.75. The van der Waals surface area contributed by atoms with Gasteiger partial charge in [0, 0.05) is 51.3 Å². The van der Waals surface area contributed by atoms with Crippen molar-refractivity contribution in [2.75, 3.05) is 6.54 Å². The summed E-state index contributed by atoms with van der Waals surface area (Å²) < 4.78 is 12.1.